The van der Waals surface area contributed by atoms with Crippen molar-refractivity contribution < 1.29 is 4.39 Å². The predicted octanol–water partition coefficient (Wildman–Crippen LogP) is 0.323. The summed E-state index contributed by atoms with van der Waals surface area (Å²) < 4.78 is 12.4. The molecule has 0 aliphatic heterocycles. The molecule has 0 amide bonds. The number of halogens is 1. The van der Waals surface area contributed by atoms with Crippen molar-refractivity contribution >= 4 is 12.2 Å². The second-order valence-electron chi connectivity index (χ2n) is 2.07. The first kappa shape index (κ1) is 9.61. The molecule has 0 rings (SSSR count). The highest BCUT2D eigenvalue weighted by Crippen LogP contribution is 1.95. The maximum Gasteiger partial charge on any atom is 0.183 e. The number of nitrogens with two attached hydrogens (primary N) is 1. The molecule has 0 aromatic heterocycles. The zero-order valence-electron chi connectivity index (χ0n) is 6.50. The first-order chi connectivity index (χ1) is 5.07. The van der Waals surface area contributed by atoms with E-state index in [1.165, 1.54) is 6.34 Å². The molecule has 11 heavy (non-hydrogen) atoms. The van der Waals surface area contributed by atoms with Crippen molar-refractivity contribution in [1.29, 1.82) is 5.41 Å². The van der Waals surface area contributed by atoms with Gasteiger partial charge in [0.15, 0.2) is 11.7 Å². The molecule has 4 nitrogen and oxygen atoms in total. The van der Waals surface area contributed by atoms with Gasteiger partial charge in [0.25, 0.3) is 0 Å². The van der Waals surface area contributed by atoms with Crippen LogP contribution in [0.5, 0.6) is 0 Å². The van der Waals surface area contributed by atoms with Crippen LogP contribution in [0.1, 0.15) is 0 Å². The molecular weight excluding hydrogens is 147 g/mol. The van der Waals surface area contributed by atoms with E-state index in [0.717, 1.165) is 0 Å². The number of nitrogens with one attached hydrogen (secondary N) is 1. The van der Waals surface area contributed by atoms with E-state index in [-0.39, 0.29) is 0 Å². The van der Waals surface area contributed by atoms with Gasteiger partial charge < -0.3 is 10.6 Å². The van der Waals surface area contributed by atoms with Gasteiger partial charge in [0.2, 0.25) is 0 Å². The lowest BCUT2D eigenvalue weighted by Gasteiger charge is -2.01. The fraction of sp³-hybridized carbons (Fsp3) is 0.333. The number of hydrogen-bond acceptors (Lipinski definition) is 2. The molecule has 0 spiro atoms. The summed E-state index contributed by atoms with van der Waals surface area (Å²) in [6.45, 7) is 0. The zero-order chi connectivity index (χ0) is 8.85. The van der Waals surface area contributed by atoms with Crippen LogP contribution >= 0.6 is 0 Å². The smallest absolute Gasteiger partial charge is 0.183 e. The minimum Gasteiger partial charge on any atom is -0.402 e. The molecule has 0 aliphatic carbocycles. The highest BCUT2D eigenvalue weighted by molar-refractivity contribution is 5.98. The molecule has 3 N–H and O–H groups in total. The second-order valence-corrected chi connectivity index (χ2v) is 2.07. The molecule has 0 bridgehead atoms. The summed E-state index contributed by atoms with van der Waals surface area (Å²) >= 11 is 0. The highest BCUT2D eigenvalue weighted by atomic mass is 19.1. The van der Waals surface area contributed by atoms with Gasteiger partial charge in [0.1, 0.15) is 0 Å². The largest absolute Gasteiger partial charge is 0.402 e. The maximum absolute atomic E-state index is 12.4. The van der Waals surface area contributed by atoms with Crippen LogP contribution in [0.2, 0.25) is 0 Å². The Balaban J connectivity index is 4.08. The maximum atomic E-state index is 12.4. The molecule has 0 saturated heterocycles. The van der Waals surface area contributed by atoms with Gasteiger partial charge in [-0.3, -0.25) is 5.41 Å². The Labute approximate surface area is 64.7 Å². The Kier molecular flexibility index (Phi) is 3.87. The quantitative estimate of drug-likeness (QED) is 0.449. The van der Waals surface area contributed by atoms with Crippen molar-refractivity contribution in [2.24, 2.45) is 10.7 Å². The molecule has 62 valence electrons. The second kappa shape index (κ2) is 4.43. The lowest BCUT2D eigenvalue weighted by Crippen LogP contribution is -2.09. The average molecular weight is 158 g/mol. The molecule has 0 aromatic rings. The molecule has 0 fully saturated rings. The van der Waals surface area contributed by atoms with Crippen molar-refractivity contribution in [3.63, 3.8) is 0 Å². The first-order valence-electron chi connectivity index (χ1n) is 2.95. The van der Waals surface area contributed by atoms with Crippen LogP contribution in [0.15, 0.2) is 17.0 Å². The normalized spacial score (nSPS) is 12.1. The average Bonchev–Trinajstić information content (AvgIpc) is 1.98. The van der Waals surface area contributed by atoms with E-state index in [1.807, 2.05) is 0 Å². The fourth-order valence-electron chi connectivity index (χ4n) is 0.314. The Morgan fingerprint density at radius 1 is 1.64 bits per heavy atom. The number of rotatable bonds is 2. The lowest BCUT2D eigenvalue weighted by atomic mass is 10.5. The summed E-state index contributed by atoms with van der Waals surface area (Å²) in [6, 6.07) is 0. The Morgan fingerprint density at radius 3 is 2.55 bits per heavy atom. The van der Waals surface area contributed by atoms with Crippen molar-refractivity contribution in [3.05, 3.63) is 12.0 Å². The topological polar surface area (TPSA) is 65.5 Å². The molecule has 5 heteroatoms. The third-order valence-corrected chi connectivity index (χ3v) is 0.790. The van der Waals surface area contributed by atoms with Crippen LogP contribution in [-0.2, 0) is 0 Å². The van der Waals surface area contributed by atoms with Crippen LogP contribution in [0.25, 0.3) is 0 Å². The molecule has 0 aliphatic rings. The van der Waals surface area contributed by atoms with E-state index in [0.29, 0.717) is 6.20 Å². The molecule has 0 heterocycles. The van der Waals surface area contributed by atoms with Gasteiger partial charge >= 0.3 is 0 Å². The molecule has 0 unspecified atom stereocenters. The van der Waals surface area contributed by atoms with E-state index in [2.05, 4.69) is 4.99 Å². The van der Waals surface area contributed by atoms with Crippen LogP contribution in [0, 0.1) is 5.41 Å². The van der Waals surface area contributed by atoms with E-state index in [1.54, 1.807) is 19.0 Å². The number of nitrogens with zero attached hydrogens (tertiary/aromatic N) is 2. The van der Waals surface area contributed by atoms with E-state index in [4.69, 9.17) is 11.1 Å². The summed E-state index contributed by atoms with van der Waals surface area (Å²) in [5.41, 5.74) is 4.81. The third-order valence-electron chi connectivity index (χ3n) is 0.790. The Hall–Kier alpha value is -1.39. The summed E-state index contributed by atoms with van der Waals surface area (Å²) in [6.07, 6.45) is 2.03. The van der Waals surface area contributed by atoms with E-state index >= 15 is 0 Å². The van der Waals surface area contributed by atoms with Gasteiger partial charge in [0, 0.05) is 20.3 Å². The monoisotopic (exact) mass is 158 g/mol. The van der Waals surface area contributed by atoms with Gasteiger partial charge in [-0.15, -0.1) is 0 Å². The number of hydrogen-bond donors (Lipinski definition) is 2. The van der Waals surface area contributed by atoms with E-state index < -0.39 is 11.7 Å². The number of amidine groups is 1. The van der Waals surface area contributed by atoms with Crippen LogP contribution < -0.4 is 5.73 Å². The molecule has 0 aromatic carbocycles. The molecule has 0 radical (unpaired) electrons. The van der Waals surface area contributed by atoms with Gasteiger partial charge in [-0.1, -0.05) is 0 Å². The van der Waals surface area contributed by atoms with Gasteiger partial charge in [0.05, 0.1) is 6.34 Å². The van der Waals surface area contributed by atoms with Gasteiger partial charge in [-0.2, -0.15) is 0 Å². The SMILES string of the molecule is CN(C)C=NC(=N)/C(F)=C\N. The van der Waals surface area contributed by atoms with Crippen molar-refractivity contribution in [1.82, 2.24) is 4.90 Å². The van der Waals surface area contributed by atoms with Crippen molar-refractivity contribution in [2.75, 3.05) is 14.1 Å². The fourth-order valence-corrected chi connectivity index (χ4v) is 0.314. The summed E-state index contributed by atoms with van der Waals surface area (Å²) in [5.74, 6) is -1.30. The minimum absolute atomic E-state index is 0.471. The van der Waals surface area contributed by atoms with Crippen LogP contribution in [0.4, 0.5) is 4.39 Å². The summed E-state index contributed by atoms with van der Waals surface area (Å²) in [4.78, 5) is 5.05. The molecule has 0 atom stereocenters. The standard InChI is InChI=1S/C6H11FN4/c1-11(2)4-10-6(9)5(7)3-8/h3-4,9H,8H2,1-2H3/b5-3+,9-6?,10-4?. The number of aliphatic imine (C=N–C) groups is 1. The van der Waals surface area contributed by atoms with Gasteiger partial charge in [-0.25, -0.2) is 9.38 Å². The molecule has 0 saturated carbocycles. The first-order valence-corrected chi connectivity index (χ1v) is 2.95. The van der Waals surface area contributed by atoms with Crippen LogP contribution in [0.3, 0.4) is 0 Å². The van der Waals surface area contributed by atoms with Crippen LogP contribution in [-0.4, -0.2) is 31.2 Å². The summed E-state index contributed by atoms with van der Waals surface area (Å²) in [7, 11) is 3.45. The summed E-state index contributed by atoms with van der Waals surface area (Å²) in [5, 5.41) is 6.94. The van der Waals surface area contributed by atoms with Gasteiger partial charge in [-0.05, 0) is 0 Å². The highest BCUT2D eigenvalue weighted by Gasteiger charge is 1.98. The Bertz CT molecular complexity index is 195. The zero-order valence-corrected chi connectivity index (χ0v) is 6.50. The van der Waals surface area contributed by atoms with E-state index in [9.17, 15) is 4.39 Å². The lowest BCUT2D eigenvalue weighted by molar-refractivity contribution is 0.641. The predicted molar refractivity (Wildman–Crippen MR) is 43.3 cm³/mol. The minimum atomic E-state index is -0.830. The Morgan fingerprint density at radius 2 is 2.18 bits per heavy atom. The molecular formula is C6H11FN4. The third kappa shape index (κ3) is 4.07. The van der Waals surface area contributed by atoms with Crippen molar-refractivity contribution in [3.8, 4) is 0 Å². The van der Waals surface area contributed by atoms with Crippen molar-refractivity contribution in [2.45, 2.75) is 0 Å².